The van der Waals surface area contributed by atoms with Crippen LogP contribution in [0.15, 0.2) is 42.6 Å². The number of nitrogens with one attached hydrogen (secondary N) is 1. The van der Waals surface area contributed by atoms with Crippen LogP contribution >= 0.6 is 0 Å². The van der Waals surface area contributed by atoms with Crippen molar-refractivity contribution in [1.82, 2.24) is 10.2 Å². The molecule has 2 amide bonds. The summed E-state index contributed by atoms with van der Waals surface area (Å²) < 4.78 is 0. The van der Waals surface area contributed by atoms with Crippen molar-refractivity contribution in [2.75, 3.05) is 14.1 Å². The number of amides is 2. The van der Waals surface area contributed by atoms with Gasteiger partial charge in [-0.1, -0.05) is 30.3 Å². The Morgan fingerprint density at radius 2 is 1.88 bits per heavy atom. The van der Waals surface area contributed by atoms with Crippen molar-refractivity contribution in [3.8, 4) is 0 Å². The van der Waals surface area contributed by atoms with Gasteiger partial charge in [-0.05, 0) is 5.56 Å². The molecule has 0 unspecified atom stereocenters. The summed E-state index contributed by atoms with van der Waals surface area (Å²) in [5.74, 6) is -0.302. The standard InChI is InChI=1S/C13H16N2O2/c1-15(2)13(17)8-9-14-12(16)10-11-6-4-3-5-7-11/h3-9H,10H2,1-2H3,(H,14,16)/b9-8-. The Bertz CT molecular complexity index is 411. The summed E-state index contributed by atoms with van der Waals surface area (Å²) >= 11 is 0. The van der Waals surface area contributed by atoms with E-state index in [0.717, 1.165) is 5.56 Å². The molecule has 0 fully saturated rings. The number of carbonyl (C=O) groups excluding carboxylic acids is 2. The molecule has 1 N–H and O–H groups in total. The molecular formula is C13H16N2O2. The van der Waals surface area contributed by atoms with Crippen molar-refractivity contribution in [3.05, 3.63) is 48.2 Å². The number of hydrogen-bond acceptors (Lipinski definition) is 2. The molecule has 0 aromatic heterocycles. The molecular weight excluding hydrogens is 216 g/mol. The first kappa shape index (κ1) is 13.0. The molecule has 4 nitrogen and oxygen atoms in total. The smallest absolute Gasteiger partial charge is 0.247 e. The number of carbonyl (C=O) groups is 2. The highest BCUT2D eigenvalue weighted by atomic mass is 16.2. The van der Waals surface area contributed by atoms with E-state index in [1.807, 2.05) is 30.3 Å². The van der Waals surface area contributed by atoms with E-state index < -0.39 is 0 Å². The summed E-state index contributed by atoms with van der Waals surface area (Å²) in [5, 5.41) is 2.55. The summed E-state index contributed by atoms with van der Waals surface area (Å²) in [6.07, 6.45) is 3.00. The molecule has 0 saturated carbocycles. The van der Waals surface area contributed by atoms with Crippen molar-refractivity contribution < 1.29 is 9.59 Å². The topological polar surface area (TPSA) is 49.4 Å². The maximum atomic E-state index is 11.5. The normalized spacial score (nSPS) is 10.2. The van der Waals surface area contributed by atoms with Crippen LogP contribution in [0.25, 0.3) is 0 Å². The number of nitrogens with zero attached hydrogens (tertiary/aromatic N) is 1. The maximum Gasteiger partial charge on any atom is 0.247 e. The highest BCUT2D eigenvalue weighted by Crippen LogP contribution is 1.98. The van der Waals surface area contributed by atoms with Crippen molar-refractivity contribution >= 4 is 11.8 Å². The monoisotopic (exact) mass is 232 g/mol. The largest absolute Gasteiger partial charge is 0.345 e. The third kappa shape index (κ3) is 4.97. The molecule has 90 valence electrons. The van der Waals surface area contributed by atoms with Crippen molar-refractivity contribution in [1.29, 1.82) is 0 Å². The molecule has 0 aliphatic carbocycles. The van der Waals surface area contributed by atoms with E-state index in [-0.39, 0.29) is 11.8 Å². The Balaban J connectivity index is 2.39. The second-order valence-corrected chi connectivity index (χ2v) is 3.80. The van der Waals surface area contributed by atoms with Crippen LogP contribution in [0.4, 0.5) is 0 Å². The Kier molecular flexibility index (Phi) is 4.94. The predicted octanol–water partition coefficient (Wildman–Crippen LogP) is 0.947. The van der Waals surface area contributed by atoms with Gasteiger partial charge in [-0.25, -0.2) is 0 Å². The van der Waals surface area contributed by atoms with Gasteiger partial charge in [0.25, 0.3) is 0 Å². The quantitative estimate of drug-likeness (QED) is 0.786. The molecule has 1 aromatic rings. The fourth-order valence-corrected chi connectivity index (χ4v) is 1.19. The molecule has 0 saturated heterocycles. The first-order valence-corrected chi connectivity index (χ1v) is 5.30. The van der Waals surface area contributed by atoms with E-state index in [1.165, 1.54) is 17.2 Å². The van der Waals surface area contributed by atoms with E-state index in [9.17, 15) is 9.59 Å². The molecule has 17 heavy (non-hydrogen) atoms. The molecule has 0 spiro atoms. The summed E-state index contributed by atoms with van der Waals surface area (Å²) in [6, 6.07) is 9.43. The van der Waals surface area contributed by atoms with E-state index >= 15 is 0 Å². The lowest BCUT2D eigenvalue weighted by atomic mass is 10.1. The first-order chi connectivity index (χ1) is 8.09. The fourth-order valence-electron chi connectivity index (χ4n) is 1.19. The SMILES string of the molecule is CN(C)C(=O)/C=C\NC(=O)Cc1ccccc1. The summed E-state index contributed by atoms with van der Waals surface area (Å²) in [4.78, 5) is 24.1. The second-order valence-electron chi connectivity index (χ2n) is 3.80. The Labute approximate surface area is 101 Å². The van der Waals surface area contributed by atoms with E-state index in [4.69, 9.17) is 0 Å². The summed E-state index contributed by atoms with van der Waals surface area (Å²) in [6.45, 7) is 0. The Morgan fingerprint density at radius 3 is 2.47 bits per heavy atom. The number of rotatable bonds is 4. The van der Waals surface area contributed by atoms with Gasteiger partial charge in [-0.3, -0.25) is 9.59 Å². The average molecular weight is 232 g/mol. The van der Waals surface area contributed by atoms with Crippen molar-refractivity contribution in [2.24, 2.45) is 0 Å². The zero-order valence-corrected chi connectivity index (χ0v) is 10.0. The molecule has 0 heterocycles. The van der Waals surface area contributed by atoms with E-state index in [0.29, 0.717) is 6.42 Å². The highest BCUT2D eigenvalue weighted by Gasteiger charge is 2.01. The van der Waals surface area contributed by atoms with Gasteiger partial charge in [0, 0.05) is 26.4 Å². The molecule has 0 bridgehead atoms. The lowest BCUT2D eigenvalue weighted by molar-refractivity contribution is -0.123. The lowest BCUT2D eigenvalue weighted by Gasteiger charge is -2.05. The van der Waals surface area contributed by atoms with Gasteiger partial charge < -0.3 is 10.2 Å². The number of likely N-dealkylation sites (N-methyl/N-ethyl adjacent to an activating group) is 1. The van der Waals surface area contributed by atoms with Gasteiger partial charge in [0.05, 0.1) is 6.42 Å². The van der Waals surface area contributed by atoms with Crippen LogP contribution in [0.2, 0.25) is 0 Å². The van der Waals surface area contributed by atoms with Gasteiger partial charge in [0.15, 0.2) is 0 Å². The van der Waals surface area contributed by atoms with Crippen LogP contribution in [0.1, 0.15) is 5.56 Å². The minimum atomic E-state index is -0.162. The predicted molar refractivity (Wildman–Crippen MR) is 66.1 cm³/mol. The fraction of sp³-hybridized carbons (Fsp3) is 0.231. The number of hydrogen-bond donors (Lipinski definition) is 1. The molecule has 0 aliphatic rings. The molecule has 1 aromatic carbocycles. The van der Waals surface area contributed by atoms with Crippen molar-refractivity contribution in [2.45, 2.75) is 6.42 Å². The molecule has 0 aliphatic heterocycles. The summed E-state index contributed by atoms with van der Waals surface area (Å²) in [7, 11) is 3.30. The highest BCUT2D eigenvalue weighted by molar-refractivity contribution is 5.88. The van der Waals surface area contributed by atoms with E-state index in [2.05, 4.69) is 5.32 Å². The number of benzene rings is 1. The zero-order chi connectivity index (χ0) is 12.7. The van der Waals surface area contributed by atoms with Crippen LogP contribution in [0.5, 0.6) is 0 Å². The average Bonchev–Trinajstić information content (AvgIpc) is 2.30. The third-order valence-corrected chi connectivity index (χ3v) is 2.12. The minimum absolute atomic E-state index is 0.140. The van der Waals surface area contributed by atoms with Gasteiger partial charge in [-0.15, -0.1) is 0 Å². The summed E-state index contributed by atoms with van der Waals surface area (Å²) in [5.41, 5.74) is 0.942. The first-order valence-electron chi connectivity index (χ1n) is 5.30. The van der Waals surface area contributed by atoms with Crippen LogP contribution in [0, 0.1) is 0 Å². The molecule has 4 heteroatoms. The van der Waals surface area contributed by atoms with Gasteiger partial charge in [-0.2, -0.15) is 0 Å². The van der Waals surface area contributed by atoms with Crippen LogP contribution in [0.3, 0.4) is 0 Å². The third-order valence-electron chi connectivity index (χ3n) is 2.12. The Hall–Kier alpha value is -2.10. The van der Waals surface area contributed by atoms with Crippen LogP contribution in [-0.4, -0.2) is 30.8 Å². The van der Waals surface area contributed by atoms with Crippen molar-refractivity contribution in [3.63, 3.8) is 0 Å². The zero-order valence-electron chi connectivity index (χ0n) is 10.0. The van der Waals surface area contributed by atoms with Gasteiger partial charge in [0.2, 0.25) is 11.8 Å². The minimum Gasteiger partial charge on any atom is -0.345 e. The van der Waals surface area contributed by atoms with Crippen LogP contribution < -0.4 is 5.32 Å². The molecule has 0 radical (unpaired) electrons. The van der Waals surface area contributed by atoms with Gasteiger partial charge >= 0.3 is 0 Å². The van der Waals surface area contributed by atoms with E-state index in [1.54, 1.807) is 14.1 Å². The second kappa shape index (κ2) is 6.48. The van der Waals surface area contributed by atoms with Gasteiger partial charge in [0.1, 0.15) is 0 Å². The molecule has 1 rings (SSSR count). The lowest BCUT2D eigenvalue weighted by Crippen LogP contribution is -2.22. The maximum absolute atomic E-state index is 11.5. The Morgan fingerprint density at radius 1 is 1.24 bits per heavy atom. The molecule has 0 atom stereocenters. The van der Waals surface area contributed by atoms with Crippen LogP contribution in [-0.2, 0) is 16.0 Å².